The van der Waals surface area contributed by atoms with Gasteiger partial charge in [0.1, 0.15) is 0 Å². The minimum Gasteiger partial charge on any atom is -0.366 e. The summed E-state index contributed by atoms with van der Waals surface area (Å²) in [7, 11) is 0. The SMILES string of the molecule is NCC(Cc1ccccc1)C(=O)Nc1ccc(-c2cc(C(N)=O)ccn2)nc1. The molecule has 2 amide bonds. The molecule has 0 saturated carbocycles. The highest BCUT2D eigenvalue weighted by molar-refractivity contribution is 5.94. The van der Waals surface area contributed by atoms with E-state index in [1.807, 2.05) is 30.3 Å². The fraction of sp³-hybridized carbons (Fsp3) is 0.143. The number of carbonyl (C=O) groups is 2. The number of primary amides is 1. The van der Waals surface area contributed by atoms with Gasteiger partial charge in [-0.2, -0.15) is 0 Å². The number of rotatable bonds is 7. The number of nitrogens with two attached hydrogens (primary N) is 2. The van der Waals surface area contributed by atoms with Crippen LogP contribution in [0.2, 0.25) is 0 Å². The van der Waals surface area contributed by atoms with Gasteiger partial charge in [-0.05, 0) is 36.2 Å². The zero-order valence-electron chi connectivity index (χ0n) is 15.2. The van der Waals surface area contributed by atoms with E-state index in [9.17, 15) is 9.59 Å². The summed E-state index contributed by atoms with van der Waals surface area (Å²) >= 11 is 0. The van der Waals surface area contributed by atoms with Crippen LogP contribution in [0.1, 0.15) is 15.9 Å². The molecule has 5 N–H and O–H groups in total. The Balaban J connectivity index is 1.68. The Morgan fingerprint density at radius 2 is 1.79 bits per heavy atom. The lowest BCUT2D eigenvalue weighted by molar-refractivity contribution is -0.119. The Hall–Kier alpha value is -3.58. The molecule has 0 aliphatic carbocycles. The molecule has 0 aliphatic heterocycles. The fourth-order valence-electron chi connectivity index (χ4n) is 2.77. The van der Waals surface area contributed by atoms with Gasteiger partial charge in [0.25, 0.3) is 0 Å². The third kappa shape index (κ3) is 4.77. The van der Waals surface area contributed by atoms with Gasteiger partial charge in [0.15, 0.2) is 0 Å². The van der Waals surface area contributed by atoms with Crippen LogP contribution >= 0.6 is 0 Å². The minimum atomic E-state index is -0.529. The molecule has 1 unspecified atom stereocenters. The maximum Gasteiger partial charge on any atom is 0.248 e. The summed E-state index contributed by atoms with van der Waals surface area (Å²) in [6, 6.07) is 16.3. The van der Waals surface area contributed by atoms with E-state index < -0.39 is 5.91 Å². The van der Waals surface area contributed by atoms with Crippen molar-refractivity contribution >= 4 is 17.5 Å². The summed E-state index contributed by atoms with van der Waals surface area (Å²) in [5, 5.41) is 2.85. The molecular weight excluding hydrogens is 354 g/mol. The highest BCUT2D eigenvalue weighted by Crippen LogP contribution is 2.18. The zero-order valence-corrected chi connectivity index (χ0v) is 15.2. The standard InChI is InChI=1S/C21H21N5O2/c22-12-16(10-14-4-2-1-3-5-14)21(28)26-17-6-7-18(25-13-17)19-11-15(20(23)27)8-9-24-19/h1-9,11,13,16H,10,12,22H2,(H2,23,27)(H,26,28). The van der Waals surface area contributed by atoms with Crippen molar-refractivity contribution in [1.82, 2.24) is 9.97 Å². The van der Waals surface area contributed by atoms with Crippen LogP contribution in [0.5, 0.6) is 0 Å². The zero-order chi connectivity index (χ0) is 19.9. The summed E-state index contributed by atoms with van der Waals surface area (Å²) in [4.78, 5) is 32.3. The van der Waals surface area contributed by atoms with Gasteiger partial charge in [-0.3, -0.25) is 19.6 Å². The van der Waals surface area contributed by atoms with Gasteiger partial charge in [-0.25, -0.2) is 0 Å². The molecule has 0 spiro atoms. The number of benzene rings is 1. The first kappa shape index (κ1) is 19.2. The molecule has 1 atom stereocenters. The molecule has 3 aromatic rings. The summed E-state index contributed by atoms with van der Waals surface area (Å²) < 4.78 is 0. The number of hydrogen-bond acceptors (Lipinski definition) is 5. The second-order valence-electron chi connectivity index (χ2n) is 6.34. The first-order chi connectivity index (χ1) is 13.6. The minimum absolute atomic E-state index is 0.158. The van der Waals surface area contributed by atoms with Crippen molar-refractivity contribution in [3.05, 3.63) is 78.1 Å². The lowest BCUT2D eigenvalue weighted by atomic mass is 9.98. The molecule has 7 heteroatoms. The number of carbonyl (C=O) groups excluding carboxylic acids is 2. The molecule has 0 saturated heterocycles. The Morgan fingerprint density at radius 1 is 1.00 bits per heavy atom. The fourth-order valence-corrected chi connectivity index (χ4v) is 2.77. The van der Waals surface area contributed by atoms with Gasteiger partial charge in [-0.15, -0.1) is 0 Å². The summed E-state index contributed by atoms with van der Waals surface area (Å²) in [5.74, 6) is -1.02. The van der Waals surface area contributed by atoms with Crippen LogP contribution in [0.4, 0.5) is 5.69 Å². The van der Waals surface area contributed by atoms with Crippen LogP contribution in [0.3, 0.4) is 0 Å². The molecule has 0 radical (unpaired) electrons. The van der Waals surface area contributed by atoms with Crippen molar-refractivity contribution in [2.24, 2.45) is 17.4 Å². The van der Waals surface area contributed by atoms with E-state index in [2.05, 4.69) is 15.3 Å². The lowest BCUT2D eigenvalue weighted by Crippen LogP contribution is -2.31. The Bertz CT molecular complexity index is 958. The molecule has 1 aromatic carbocycles. The van der Waals surface area contributed by atoms with E-state index in [0.717, 1.165) is 5.56 Å². The molecule has 3 rings (SSSR count). The highest BCUT2D eigenvalue weighted by Gasteiger charge is 2.17. The normalized spacial score (nSPS) is 11.6. The summed E-state index contributed by atoms with van der Waals surface area (Å²) in [5.41, 5.74) is 14.2. The molecule has 0 bridgehead atoms. The predicted molar refractivity (Wildman–Crippen MR) is 107 cm³/mol. The van der Waals surface area contributed by atoms with Crippen LogP contribution in [-0.4, -0.2) is 28.3 Å². The van der Waals surface area contributed by atoms with Crippen molar-refractivity contribution in [2.45, 2.75) is 6.42 Å². The number of amides is 2. The van der Waals surface area contributed by atoms with E-state index in [1.165, 1.54) is 6.20 Å². The van der Waals surface area contributed by atoms with Gasteiger partial charge in [0.2, 0.25) is 11.8 Å². The third-order valence-electron chi connectivity index (χ3n) is 4.32. The average Bonchev–Trinajstić information content (AvgIpc) is 2.73. The van der Waals surface area contributed by atoms with Gasteiger partial charge in [0.05, 0.1) is 29.2 Å². The molecule has 2 aromatic heterocycles. The Labute approximate surface area is 162 Å². The van der Waals surface area contributed by atoms with Crippen molar-refractivity contribution in [1.29, 1.82) is 0 Å². The number of pyridine rings is 2. The maximum atomic E-state index is 12.5. The van der Waals surface area contributed by atoms with Crippen molar-refractivity contribution in [3.8, 4) is 11.4 Å². The van der Waals surface area contributed by atoms with E-state index in [4.69, 9.17) is 11.5 Å². The maximum absolute atomic E-state index is 12.5. The molecule has 28 heavy (non-hydrogen) atoms. The number of nitrogens with zero attached hydrogens (tertiary/aromatic N) is 2. The molecule has 0 fully saturated rings. The van der Waals surface area contributed by atoms with Crippen LogP contribution < -0.4 is 16.8 Å². The van der Waals surface area contributed by atoms with Gasteiger partial charge in [-0.1, -0.05) is 30.3 Å². The second-order valence-corrected chi connectivity index (χ2v) is 6.34. The molecule has 142 valence electrons. The Kier molecular flexibility index (Phi) is 6.08. The number of nitrogens with one attached hydrogen (secondary N) is 1. The van der Waals surface area contributed by atoms with E-state index >= 15 is 0 Å². The molecule has 0 aliphatic rings. The number of hydrogen-bond donors (Lipinski definition) is 3. The van der Waals surface area contributed by atoms with E-state index in [-0.39, 0.29) is 18.4 Å². The molecule has 2 heterocycles. The first-order valence-electron chi connectivity index (χ1n) is 8.84. The van der Waals surface area contributed by atoms with Crippen LogP contribution in [0.25, 0.3) is 11.4 Å². The van der Waals surface area contributed by atoms with Crippen molar-refractivity contribution < 1.29 is 9.59 Å². The second kappa shape index (κ2) is 8.88. The quantitative estimate of drug-likeness (QED) is 0.583. The van der Waals surface area contributed by atoms with Crippen LogP contribution in [0, 0.1) is 5.92 Å². The number of anilines is 1. The van der Waals surface area contributed by atoms with Gasteiger partial charge in [0, 0.05) is 18.3 Å². The van der Waals surface area contributed by atoms with Crippen LogP contribution in [0.15, 0.2) is 67.0 Å². The van der Waals surface area contributed by atoms with Gasteiger partial charge >= 0.3 is 0 Å². The largest absolute Gasteiger partial charge is 0.366 e. The van der Waals surface area contributed by atoms with Crippen molar-refractivity contribution in [3.63, 3.8) is 0 Å². The highest BCUT2D eigenvalue weighted by atomic mass is 16.2. The monoisotopic (exact) mass is 375 g/mol. The molecule has 7 nitrogen and oxygen atoms in total. The Morgan fingerprint density at radius 3 is 2.43 bits per heavy atom. The third-order valence-corrected chi connectivity index (χ3v) is 4.32. The first-order valence-corrected chi connectivity index (χ1v) is 8.84. The van der Waals surface area contributed by atoms with E-state index in [1.54, 1.807) is 30.5 Å². The lowest BCUT2D eigenvalue weighted by Gasteiger charge is -2.15. The predicted octanol–water partition coefficient (Wildman–Crippen LogP) is 2.00. The van der Waals surface area contributed by atoms with Crippen LogP contribution in [-0.2, 0) is 11.2 Å². The van der Waals surface area contributed by atoms with Crippen molar-refractivity contribution in [2.75, 3.05) is 11.9 Å². The van der Waals surface area contributed by atoms with Gasteiger partial charge < -0.3 is 16.8 Å². The topological polar surface area (TPSA) is 124 Å². The summed E-state index contributed by atoms with van der Waals surface area (Å²) in [6.45, 7) is 0.246. The number of aromatic nitrogens is 2. The average molecular weight is 375 g/mol. The summed E-state index contributed by atoms with van der Waals surface area (Å²) in [6.07, 6.45) is 3.61. The molecular formula is C21H21N5O2. The van der Waals surface area contributed by atoms with E-state index in [0.29, 0.717) is 29.1 Å². The smallest absolute Gasteiger partial charge is 0.248 e.